The van der Waals surface area contributed by atoms with Crippen molar-refractivity contribution in [2.45, 2.75) is 19.6 Å². The number of rotatable bonds is 2. The van der Waals surface area contributed by atoms with Gasteiger partial charge >= 0.3 is 0 Å². The van der Waals surface area contributed by atoms with Crippen molar-refractivity contribution in [3.63, 3.8) is 0 Å². The maximum atomic E-state index is 8.67. The van der Waals surface area contributed by atoms with E-state index in [2.05, 4.69) is 0 Å². The first-order valence-corrected chi connectivity index (χ1v) is 2.55. The molecular weight excluding hydrogens is 124 g/mol. The Bertz CT molecular complexity index is 83.4. The fourth-order valence-corrected chi connectivity index (χ4v) is 0.245. The molecule has 0 rings (SSSR count). The van der Waals surface area contributed by atoms with Crippen LogP contribution in [0.5, 0.6) is 0 Å². The lowest BCUT2D eigenvalue weighted by atomic mass is 10.0. The number of aliphatic hydroxyl groups excluding tert-OH is 1. The Morgan fingerprint density at radius 3 is 1.67 bits per heavy atom. The SMILES string of the molecule is CC([C](O)O)C(C)(O)O. The van der Waals surface area contributed by atoms with Gasteiger partial charge in [0.2, 0.25) is 6.29 Å². The van der Waals surface area contributed by atoms with Gasteiger partial charge in [-0.2, -0.15) is 0 Å². The van der Waals surface area contributed by atoms with Crippen molar-refractivity contribution in [3.8, 4) is 0 Å². The van der Waals surface area contributed by atoms with Gasteiger partial charge in [0.25, 0.3) is 0 Å². The molecule has 0 aromatic carbocycles. The molecule has 1 atom stereocenters. The van der Waals surface area contributed by atoms with Crippen LogP contribution in [0.3, 0.4) is 0 Å². The Labute approximate surface area is 53.4 Å². The highest BCUT2D eigenvalue weighted by Gasteiger charge is 2.30. The minimum atomic E-state index is -2.06. The first-order chi connectivity index (χ1) is 3.85. The van der Waals surface area contributed by atoms with Gasteiger partial charge in [-0.05, 0) is 6.92 Å². The van der Waals surface area contributed by atoms with Crippen molar-refractivity contribution < 1.29 is 20.4 Å². The van der Waals surface area contributed by atoms with Gasteiger partial charge in [0.15, 0.2) is 5.79 Å². The molecule has 0 amide bonds. The van der Waals surface area contributed by atoms with Gasteiger partial charge in [0, 0.05) is 0 Å². The van der Waals surface area contributed by atoms with E-state index < -0.39 is 18.0 Å². The fourth-order valence-electron chi connectivity index (χ4n) is 0.245. The smallest absolute Gasteiger partial charge is 0.226 e. The van der Waals surface area contributed by atoms with Gasteiger partial charge in [-0.25, -0.2) is 0 Å². The molecule has 0 fully saturated rings. The minimum absolute atomic E-state index is 0.970. The molecular formula is C5H11O4. The summed E-state index contributed by atoms with van der Waals surface area (Å²) in [4.78, 5) is 0. The average Bonchev–Trinajstić information content (AvgIpc) is 1.62. The summed E-state index contributed by atoms with van der Waals surface area (Å²) in [6, 6.07) is 0. The van der Waals surface area contributed by atoms with Crippen LogP contribution in [0, 0.1) is 12.2 Å². The Kier molecular flexibility index (Phi) is 2.57. The second-order valence-electron chi connectivity index (χ2n) is 2.17. The molecule has 0 aliphatic rings. The van der Waals surface area contributed by atoms with Crippen LogP contribution in [-0.2, 0) is 0 Å². The van der Waals surface area contributed by atoms with Gasteiger partial charge < -0.3 is 20.4 Å². The quantitative estimate of drug-likeness (QED) is 0.387. The van der Waals surface area contributed by atoms with E-state index in [0.717, 1.165) is 6.92 Å². The molecule has 0 aliphatic carbocycles. The Hall–Kier alpha value is -0.160. The second kappa shape index (κ2) is 2.62. The van der Waals surface area contributed by atoms with Crippen LogP contribution in [0.4, 0.5) is 0 Å². The molecule has 0 bridgehead atoms. The molecule has 0 aromatic rings. The first-order valence-electron chi connectivity index (χ1n) is 2.55. The summed E-state index contributed by atoms with van der Waals surface area (Å²) in [6.07, 6.45) is -0.970. The van der Waals surface area contributed by atoms with Crippen molar-refractivity contribution in [3.05, 3.63) is 6.29 Å². The van der Waals surface area contributed by atoms with E-state index in [9.17, 15) is 0 Å². The average molecular weight is 135 g/mol. The molecule has 0 saturated heterocycles. The van der Waals surface area contributed by atoms with Crippen LogP contribution in [0.1, 0.15) is 13.8 Å². The molecule has 55 valence electrons. The molecule has 4 nitrogen and oxygen atoms in total. The van der Waals surface area contributed by atoms with Gasteiger partial charge in [-0.3, -0.25) is 0 Å². The van der Waals surface area contributed by atoms with E-state index >= 15 is 0 Å². The molecule has 1 radical (unpaired) electrons. The second-order valence-corrected chi connectivity index (χ2v) is 2.17. The minimum Gasteiger partial charge on any atom is -0.365 e. The summed E-state index contributed by atoms with van der Waals surface area (Å²) in [5.74, 6) is -3.10. The third-order valence-electron chi connectivity index (χ3n) is 1.21. The lowest BCUT2D eigenvalue weighted by Gasteiger charge is -2.23. The van der Waals surface area contributed by atoms with Gasteiger partial charge in [-0.1, -0.05) is 6.92 Å². The fraction of sp³-hybridized carbons (Fsp3) is 0.800. The molecule has 0 aliphatic heterocycles. The summed E-state index contributed by atoms with van der Waals surface area (Å²) >= 11 is 0. The van der Waals surface area contributed by atoms with E-state index in [1.807, 2.05) is 0 Å². The zero-order valence-corrected chi connectivity index (χ0v) is 5.37. The molecule has 0 spiro atoms. The number of hydrogen-bond acceptors (Lipinski definition) is 4. The van der Waals surface area contributed by atoms with Crippen LogP contribution < -0.4 is 0 Å². The summed E-state index contributed by atoms with van der Waals surface area (Å²) in [6.45, 7) is 2.36. The van der Waals surface area contributed by atoms with Crippen molar-refractivity contribution in [1.29, 1.82) is 0 Å². The summed E-state index contributed by atoms with van der Waals surface area (Å²) < 4.78 is 0. The van der Waals surface area contributed by atoms with E-state index in [0.29, 0.717) is 0 Å². The van der Waals surface area contributed by atoms with Gasteiger partial charge in [0.05, 0.1) is 5.92 Å². The molecule has 0 aromatic heterocycles. The molecule has 4 heteroatoms. The van der Waals surface area contributed by atoms with Crippen LogP contribution in [0.15, 0.2) is 0 Å². The summed E-state index contributed by atoms with van der Waals surface area (Å²) in [7, 11) is 0. The number of hydrogen-bond donors (Lipinski definition) is 4. The standard InChI is InChI=1S/C5H11O4/c1-3(4(6)7)5(2,8)9/h3,6-9H,1-2H3. The Morgan fingerprint density at radius 2 is 1.67 bits per heavy atom. The molecule has 9 heavy (non-hydrogen) atoms. The van der Waals surface area contributed by atoms with Crippen molar-refractivity contribution in [1.82, 2.24) is 0 Å². The highest BCUT2D eigenvalue weighted by Crippen LogP contribution is 2.19. The van der Waals surface area contributed by atoms with Crippen LogP contribution >= 0.6 is 0 Å². The highest BCUT2D eigenvalue weighted by molar-refractivity contribution is 4.77. The third kappa shape index (κ3) is 2.76. The monoisotopic (exact) mass is 135 g/mol. The topological polar surface area (TPSA) is 80.9 Å². The Balaban J connectivity index is 3.88. The number of aliphatic hydroxyl groups is 4. The maximum absolute atomic E-state index is 8.67. The first kappa shape index (κ1) is 8.84. The maximum Gasteiger partial charge on any atom is 0.226 e. The third-order valence-corrected chi connectivity index (χ3v) is 1.21. The lowest BCUT2D eigenvalue weighted by molar-refractivity contribution is -0.203. The molecule has 0 heterocycles. The van der Waals surface area contributed by atoms with Crippen LogP contribution in [0.25, 0.3) is 0 Å². The summed E-state index contributed by atoms with van der Waals surface area (Å²) in [5, 5.41) is 34.0. The van der Waals surface area contributed by atoms with Crippen molar-refractivity contribution >= 4 is 0 Å². The van der Waals surface area contributed by atoms with Crippen molar-refractivity contribution in [2.24, 2.45) is 5.92 Å². The van der Waals surface area contributed by atoms with E-state index in [-0.39, 0.29) is 0 Å². The lowest BCUT2D eigenvalue weighted by Crippen LogP contribution is -2.35. The van der Waals surface area contributed by atoms with Crippen LogP contribution in [0.2, 0.25) is 0 Å². The normalized spacial score (nSPS) is 16.3. The predicted octanol–water partition coefficient (Wildman–Crippen LogP) is -0.442. The van der Waals surface area contributed by atoms with Crippen molar-refractivity contribution in [2.75, 3.05) is 0 Å². The molecule has 0 saturated carbocycles. The Morgan fingerprint density at radius 1 is 1.33 bits per heavy atom. The van der Waals surface area contributed by atoms with E-state index in [1.165, 1.54) is 6.92 Å². The van der Waals surface area contributed by atoms with Gasteiger partial charge in [0.1, 0.15) is 0 Å². The predicted molar refractivity (Wildman–Crippen MR) is 29.1 cm³/mol. The largest absolute Gasteiger partial charge is 0.365 e. The highest BCUT2D eigenvalue weighted by atomic mass is 16.5. The summed E-state index contributed by atoms with van der Waals surface area (Å²) in [5.41, 5.74) is 0. The van der Waals surface area contributed by atoms with Gasteiger partial charge in [-0.15, -0.1) is 0 Å². The van der Waals surface area contributed by atoms with E-state index in [4.69, 9.17) is 20.4 Å². The zero-order chi connectivity index (χ0) is 7.65. The molecule has 1 unspecified atom stereocenters. The van der Waals surface area contributed by atoms with E-state index in [1.54, 1.807) is 0 Å². The molecule has 4 N–H and O–H groups in total. The zero-order valence-electron chi connectivity index (χ0n) is 5.37. The van der Waals surface area contributed by atoms with Crippen LogP contribution in [-0.4, -0.2) is 26.2 Å².